The zero-order valence-electron chi connectivity index (χ0n) is 22.2. The molecule has 1 saturated heterocycles. The third-order valence-corrected chi connectivity index (χ3v) is 9.72. The van der Waals surface area contributed by atoms with E-state index < -0.39 is 33.6 Å². The summed E-state index contributed by atoms with van der Waals surface area (Å²) in [5, 5.41) is 11.8. The number of carbonyl (C=O) groups excluding carboxylic acids is 2. The second kappa shape index (κ2) is 10.7. The van der Waals surface area contributed by atoms with E-state index in [4.69, 9.17) is 11.6 Å². The van der Waals surface area contributed by atoms with Crippen LogP contribution in [0.15, 0.2) is 47.5 Å². The normalized spacial score (nSPS) is 16.8. The molecule has 2 aliphatic heterocycles. The van der Waals surface area contributed by atoms with Gasteiger partial charge < -0.3 is 14.9 Å². The topological polar surface area (TPSA) is 133 Å². The number of amides is 3. The summed E-state index contributed by atoms with van der Waals surface area (Å²) in [6, 6.07) is 8.03. The predicted molar refractivity (Wildman–Crippen MR) is 148 cm³/mol. The third-order valence-electron chi connectivity index (χ3n) is 7.76. The third kappa shape index (κ3) is 5.13. The van der Waals surface area contributed by atoms with E-state index in [0.29, 0.717) is 35.6 Å². The van der Waals surface area contributed by atoms with E-state index in [1.807, 2.05) is 0 Å². The van der Waals surface area contributed by atoms with Gasteiger partial charge in [-0.1, -0.05) is 23.7 Å². The fraction of sp³-hybridized carbons (Fsp3) is 0.407. The molecule has 0 aliphatic carbocycles. The summed E-state index contributed by atoms with van der Waals surface area (Å²) in [6.45, 7) is 4.30. The van der Waals surface area contributed by atoms with Crippen molar-refractivity contribution in [3.8, 4) is 0 Å². The summed E-state index contributed by atoms with van der Waals surface area (Å²) >= 11 is 6.04. The number of fused-ring (bicyclic) bond motifs is 2. The molecule has 3 aromatic rings. The van der Waals surface area contributed by atoms with Gasteiger partial charge in [0.15, 0.2) is 9.84 Å². The number of aryl methyl sites for hydroxylation is 1. The standard InChI is InChI=1S/C27H30ClN5O6S/c1-3-31(27(36)37)24(16-40(38,39)23-7-5-18-12-20(28)6-4-19(18)13-23)25(34)30-10-8-21(9-11-30)32-15-22-14-29-17(2)33(22)26(32)35/h4-7,12-14,21,24H,3,8-11,15-16H2,1-2H3,(H,36,37). The van der Waals surface area contributed by atoms with E-state index in [1.165, 1.54) is 17.0 Å². The Morgan fingerprint density at radius 1 is 1.15 bits per heavy atom. The first-order valence-electron chi connectivity index (χ1n) is 13.0. The first kappa shape index (κ1) is 27.9. The van der Waals surface area contributed by atoms with Crippen molar-refractivity contribution in [2.75, 3.05) is 25.4 Å². The average Bonchev–Trinajstić information content (AvgIpc) is 3.46. The number of hydrogen-bond acceptors (Lipinski definition) is 6. The van der Waals surface area contributed by atoms with Crippen molar-refractivity contribution in [1.29, 1.82) is 0 Å². The fourth-order valence-electron chi connectivity index (χ4n) is 5.60. The Morgan fingerprint density at radius 3 is 2.48 bits per heavy atom. The van der Waals surface area contributed by atoms with E-state index >= 15 is 0 Å². The number of piperidine rings is 1. The highest BCUT2D eigenvalue weighted by Crippen LogP contribution is 2.28. The molecule has 3 heterocycles. The minimum Gasteiger partial charge on any atom is -0.465 e. The largest absolute Gasteiger partial charge is 0.465 e. The average molecular weight is 588 g/mol. The van der Waals surface area contributed by atoms with Gasteiger partial charge >= 0.3 is 12.1 Å². The van der Waals surface area contributed by atoms with Crippen molar-refractivity contribution >= 4 is 50.2 Å². The number of imidazole rings is 1. The lowest BCUT2D eigenvalue weighted by Crippen LogP contribution is -2.56. The molecule has 2 aromatic carbocycles. The smallest absolute Gasteiger partial charge is 0.408 e. The molecule has 40 heavy (non-hydrogen) atoms. The molecule has 11 nitrogen and oxygen atoms in total. The van der Waals surface area contributed by atoms with E-state index in [-0.39, 0.29) is 36.6 Å². The van der Waals surface area contributed by atoms with E-state index in [1.54, 1.807) is 53.8 Å². The number of aromatic nitrogens is 2. The van der Waals surface area contributed by atoms with Gasteiger partial charge in [-0.3, -0.25) is 14.3 Å². The molecule has 5 rings (SSSR count). The van der Waals surface area contributed by atoms with E-state index in [2.05, 4.69) is 4.98 Å². The van der Waals surface area contributed by atoms with Crippen LogP contribution in [0, 0.1) is 6.92 Å². The molecular formula is C27H30ClN5O6S. The van der Waals surface area contributed by atoms with Gasteiger partial charge in [-0.05, 0) is 61.7 Å². The van der Waals surface area contributed by atoms with Crippen LogP contribution in [0.2, 0.25) is 5.02 Å². The number of likely N-dealkylation sites (N-methyl/N-ethyl adjacent to an activating group) is 1. The molecule has 0 spiro atoms. The quantitative estimate of drug-likeness (QED) is 0.446. The van der Waals surface area contributed by atoms with Gasteiger partial charge in [0.05, 0.1) is 29.1 Å². The van der Waals surface area contributed by atoms with Crippen LogP contribution in [-0.4, -0.2) is 93.3 Å². The van der Waals surface area contributed by atoms with Crippen LogP contribution in [0.4, 0.5) is 9.59 Å². The van der Waals surface area contributed by atoms with Crippen molar-refractivity contribution in [2.45, 2.75) is 50.2 Å². The minimum absolute atomic E-state index is 0.00139. The van der Waals surface area contributed by atoms with Crippen LogP contribution in [-0.2, 0) is 21.2 Å². The SMILES string of the molecule is CCN(C(=O)O)C(CS(=O)(=O)c1ccc2cc(Cl)ccc2c1)C(=O)N1CCC(N2Cc3cnc(C)n3C2=O)CC1. The Bertz CT molecular complexity index is 1600. The molecule has 2 aliphatic rings. The summed E-state index contributed by atoms with van der Waals surface area (Å²) < 4.78 is 28.6. The van der Waals surface area contributed by atoms with Gasteiger partial charge in [-0.2, -0.15) is 0 Å². The lowest BCUT2D eigenvalue weighted by atomic mass is 10.0. The Labute approximate surface area is 236 Å². The summed E-state index contributed by atoms with van der Waals surface area (Å²) in [7, 11) is -4.04. The van der Waals surface area contributed by atoms with Crippen LogP contribution < -0.4 is 0 Å². The second-order valence-corrected chi connectivity index (χ2v) is 12.6. The zero-order chi connectivity index (χ0) is 28.8. The molecule has 212 valence electrons. The summed E-state index contributed by atoms with van der Waals surface area (Å²) in [6.07, 6.45) is 1.32. The van der Waals surface area contributed by atoms with Crippen LogP contribution >= 0.6 is 11.6 Å². The molecule has 1 aromatic heterocycles. The monoisotopic (exact) mass is 587 g/mol. The first-order chi connectivity index (χ1) is 19.0. The Kier molecular flexibility index (Phi) is 7.49. The molecule has 0 saturated carbocycles. The Hall–Kier alpha value is -3.64. The van der Waals surface area contributed by atoms with Crippen molar-refractivity contribution < 1.29 is 27.9 Å². The Morgan fingerprint density at radius 2 is 1.82 bits per heavy atom. The molecule has 13 heteroatoms. The molecule has 0 radical (unpaired) electrons. The van der Waals surface area contributed by atoms with Gasteiger partial charge in [-0.25, -0.2) is 23.0 Å². The number of likely N-dealkylation sites (tertiary alicyclic amines) is 1. The number of nitrogens with zero attached hydrogens (tertiary/aromatic N) is 5. The molecule has 3 amide bonds. The number of sulfone groups is 1. The van der Waals surface area contributed by atoms with Crippen molar-refractivity contribution in [1.82, 2.24) is 24.3 Å². The number of rotatable bonds is 7. The summed E-state index contributed by atoms with van der Waals surface area (Å²) in [5.41, 5.74) is 0.822. The fourth-order valence-corrected chi connectivity index (χ4v) is 7.30. The first-order valence-corrected chi connectivity index (χ1v) is 15.1. The van der Waals surface area contributed by atoms with Crippen LogP contribution in [0.3, 0.4) is 0 Å². The van der Waals surface area contributed by atoms with Crippen LogP contribution in [0.5, 0.6) is 0 Å². The Balaban J connectivity index is 1.33. The van der Waals surface area contributed by atoms with Crippen molar-refractivity contribution in [3.05, 3.63) is 59.1 Å². The number of hydrogen-bond donors (Lipinski definition) is 1. The number of benzene rings is 2. The lowest BCUT2D eigenvalue weighted by molar-refractivity contribution is -0.137. The van der Waals surface area contributed by atoms with Gasteiger partial charge in [-0.15, -0.1) is 0 Å². The van der Waals surface area contributed by atoms with Crippen LogP contribution in [0.25, 0.3) is 10.8 Å². The highest BCUT2D eigenvalue weighted by molar-refractivity contribution is 7.91. The number of halogens is 1. The maximum Gasteiger partial charge on any atom is 0.408 e. The number of carbonyl (C=O) groups is 3. The maximum atomic E-state index is 13.7. The van der Waals surface area contributed by atoms with Gasteiger partial charge in [0, 0.05) is 30.7 Å². The molecule has 1 N–H and O–H groups in total. The molecule has 1 fully saturated rings. The summed E-state index contributed by atoms with van der Waals surface area (Å²) in [5.74, 6) is -0.613. The molecule has 1 unspecified atom stereocenters. The van der Waals surface area contributed by atoms with Crippen molar-refractivity contribution in [2.24, 2.45) is 0 Å². The highest BCUT2D eigenvalue weighted by atomic mass is 35.5. The van der Waals surface area contributed by atoms with E-state index in [0.717, 1.165) is 16.0 Å². The summed E-state index contributed by atoms with van der Waals surface area (Å²) in [4.78, 5) is 47.0. The maximum absolute atomic E-state index is 13.7. The molecular weight excluding hydrogens is 558 g/mol. The van der Waals surface area contributed by atoms with Crippen LogP contribution in [0.1, 0.15) is 31.3 Å². The van der Waals surface area contributed by atoms with Gasteiger partial charge in [0.2, 0.25) is 5.91 Å². The zero-order valence-corrected chi connectivity index (χ0v) is 23.7. The minimum atomic E-state index is -4.04. The van der Waals surface area contributed by atoms with Gasteiger partial charge in [0.25, 0.3) is 0 Å². The van der Waals surface area contributed by atoms with E-state index in [9.17, 15) is 27.9 Å². The highest BCUT2D eigenvalue weighted by Gasteiger charge is 2.40. The second-order valence-electron chi connectivity index (χ2n) is 10.1. The predicted octanol–water partition coefficient (Wildman–Crippen LogP) is 3.62. The lowest BCUT2D eigenvalue weighted by Gasteiger charge is -2.39. The number of carboxylic acid groups (broad SMARTS) is 1. The molecule has 0 bridgehead atoms. The van der Waals surface area contributed by atoms with Gasteiger partial charge in [0.1, 0.15) is 11.9 Å². The van der Waals surface area contributed by atoms with Crippen molar-refractivity contribution in [3.63, 3.8) is 0 Å². The molecule has 1 atom stereocenters.